The Labute approximate surface area is 114 Å². The number of benzene rings is 1. The van der Waals surface area contributed by atoms with Gasteiger partial charge in [-0.15, -0.1) is 0 Å². The number of carbonyl (C=O) groups is 1. The molecule has 5 heteroatoms. The van der Waals surface area contributed by atoms with E-state index in [2.05, 4.69) is 15.3 Å². The molecule has 2 N–H and O–H groups in total. The molecule has 3 rings (SSSR count). The van der Waals surface area contributed by atoms with Gasteiger partial charge in [-0.05, 0) is 18.2 Å². The molecular weight excluding hydrogens is 254 g/mol. The Morgan fingerprint density at radius 3 is 2.85 bits per heavy atom. The number of rotatable bonds is 2. The zero-order valence-electron chi connectivity index (χ0n) is 10.5. The lowest BCUT2D eigenvalue weighted by Crippen LogP contribution is -2.15. The van der Waals surface area contributed by atoms with Crippen molar-refractivity contribution in [3.63, 3.8) is 0 Å². The van der Waals surface area contributed by atoms with Crippen LogP contribution in [-0.4, -0.2) is 15.9 Å². The molecule has 5 nitrogen and oxygen atoms in total. The Morgan fingerprint density at radius 1 is 1.15 bits per heavy atom. The lowest BCUT2D eigenvalue weighted by atomic mass is 10.2. The van der Waals surface area contributed by atoms with E-state index in [9.17, 15) is 9.59 Å². The quantitative estimate of drug-likeness (QED) is 0.745. The highest BCUT2D eigenvalue weighted by atomic mass is 16.2. The summed E-state index contributed by atoms with van der Waals surface area (Å²) in [6, 6.07) is 12.1. The van der Waals surface area contributed by atoms with Gasteiger partial charge in [0.25, 0.3) is 5.91 Å². The summed E-state index contributed by atoms with van der Waals surface area (Å²) < 4.78 is 0. The molecule has 2 heterocycles. The zero-order chi connectivity index (χ0) is 13.9. The topological polar surface area (TPSA) is 74.8 Å². The minimum Gasteiger partial charge on any atom is -0.329 e. The zero-order valence-corrected chi connectivity index (χ0v) is 10.5. The first-order valence-corrected chi connectivity index (χ1v) is 6.08. The third-order valence-corrected chi connectivity index (χ3v) is 2.92. The van der Waals surface area contributed by atoms with Crippen LogP contribution in [0.1, 0.15) is 10.4 Å². The molecular formula is C15H11N3O2. The molecule has 0 atom stereocenters. The van der Waals surface area contributed by atoms with Crippen LogP contribution in [0.25, 0.3) is 10.9 Å². The number of nitrogens with one attached hydrogen (secondary N) is 2. The second-order valence-electron chi connectivity index (χ2n) is 4.28. The van der Waals surface area contributed by atoms with Crippen molar-refractivity contribution < 1.29 is 4.79 Å². The van der Waals surface area contributed by atoms with Gasteiger partial charge >= 0.3 is 0 Å². The van der Waals surface area contributed by atoms with Gasteiger partial charge in [0.05, 0.1) is 11.2 Å². The molecule has 0 aliphatic carbocycles. The Bertz CT molecular complexity index is 834. The lowest BCUT2D eigenvalue weighted by Gasteiger charge is -2.07. The van der Waals surface area contributed by atoms with Gasteiger partial charge in [-0.3, -0.25) is 14.6 Å². The fraction of sp³-hybridized carbons (Fsp3) is 0. The molecule has 0 bridgehead atoms. The number of anilines is 1. The molecule has 3 aromatic rings. The molecule has 1 amide bonds. The standard InChI is InChI=1S/C15H11N3O2/c19-13-9-11(6-8-16-13)15(20)18-12-5-1-3-10-4-2-7-17-14(10)12/h1-9H,(H,16,19)(H,18,20). The minimum absolute atomic E-state index is 0.307. The monoisotopic (exact) mass is 265 g/mol. The normalized spacial score (nSPS) is 10.4. The number of fused-ring (bicyclic) bond motifs is 1. The number of pyridine rings is 2. The average molecular weight is 265 g/mol. The van der Waals surface area contributed by atoms with Crippen LogP contribution in [0.2, 0.25) is 0 Å². The van der Waals surface area contributed by atoms with Gasteiger partial charge in [-0.2, -0.15) is 0 Å². The molecule has 2 aromatic heterocycles. The van der Waals surface area contributed by atoms with Crippen LogP contribution in [0.3, 0.4) is 0 Å². The SMILES string of the molecule is O=C(Nc1cccc2cccnc12)c1cc[nH]c(=O)c1. The van der Waals surface area contributed by atoms with Crippen LogP contribution in [0.4, 0.5) is 5.69 Å². The van der Waals surface area contributed by atoms with Crippen molar-refractivity contribution in [3.8, 4) is 0 Å². The van der Waals surface area contributed by atoms with Crippen molar-refractivity contribution in [3.05, 3.63) is 70.8 Å². The minimum atomic E-state index is -0.339. The Kier molecular flexibility index (Phi) is 3.01. The summed E-state index contributed by atoms with van der Waals surface area (Å²) in [5.74, 6) is -0.339. The van der Waals surface area contributed by atoms with Gasteiger partial charge in [0.2, 0.25) is 5.56 Å². The summed E-state index contributed by atoms with van der Waals surface area (Å²) in [5, 5.41) is 3.72. The van der Waals surface area contributed by atoms with Crippen molar-refractivity contribution in [1.82, 2.24) is 9.97 Å². The third-order valence-electron chi connectivity index (χ3n) is 2.92. The van der Waals surface area contributed by atoms with Crippen LogP contribution in [0, 0.1) is 0 Å². The van der Waals surface area contributed by atoms with Crippen molar-refractivity contribution >= 4 is 22.5 Å². The number of hydrogen-bond acceptors (Lipinski definition) is 3. The fourth-order valence-corrected chi connectivity index (χ4v) is 1.99. The van der Waals surface area contributed by atoms with E-state index in [1.165, 1.54) is 12.3 Å². The van der Waals surface area contributed by atoms with Crippen molar-refractivity contribution in [2.75, 3.05) is 5.32 Å². The van der Waals surface area contributed by atoms with Crippen LogP contribution in [0.15, 0.2) is 59.7 Å². The largest absolute Gasteiger partial charge is 0.329 e. The van der Waals surface area contributed by atoms with Crippen LogP contribution in [-0.2, 0) is 0 Å². The second kappa shape index (κ2) is 4.97. The number of para-hydroxylation sites is 1. The molecule has 1 aromatic carbocycles. The van der Waals surface area contributed by atoms with E-state index in [4.69, 9.17) is 0 Å². The van der Waals surface area contributed by atoms with E-state index >= 15 is 0 Å². The number of hydrogen-bond donors (Lipinski definition) is 2. The van der Waals surface area contributed by atoms with Crippen LogP contribution >= 0.6 is 0 Å². The maximum absolute atomic E-state index is 12.1. The first kappa shape index (κ1) is 12.1. The van der Waals surface area contributed by atoms with Gasteiger partial charge in [-0.25, -0.2) is 0 Å². The first-order valence-electron chi connectivity index (χ1n) is 6.08. The Hall–Kier alpha value is -2.95. The predicted octanol–water partition coefficient (Wildman–Crippen LogP) is 2.18. The summed E-state index contributed by atoms with van der Waals surface area (Å²) in [5.41, 5.74) is 1.33. The smallest absolute Gasteiger partial charge is 0.255 e. The number of aromatic nitrogens is 2. The third kappa shape index (κ3) is 2.29. The molecule has 0 aliphatic rings. The Morgan fingerprint density at radius 2 is 2.00 bits per heavy atom. The van der Waals surface area contributed by atoms with E-state index in [1.54, 1.807) is 18.3 Å². The van der Waals surface area contributed by atoms with Gasteiger partial charge in [0, 0.05) is 29.4 Å². The molecule has 20 heavy (non-hydrogen) atoms. The molecule has 0 unspecified atom stereocenters. The van der Waals surface area contributed by atoms with Crippen molar-refractivity contribution in [2.24, 2.45) is 0 Å². The molecule has 0 fully saturated rings. The fourth-order valence-electron chi connectivity index (χ4n) is 1.99. The predicted molar refractivity (Wildman–Crippen MR) is 76.8 cm³/mol. The van der Waals surface area contributed by atoms with Gasteiger partial charge in [-0.1, -0.05) is 18.2 Å². The number of carbonyl (C=O) groups excluding carboxylic acids is 1. The summed E-state index contributed by atoms with van der Waals surface area (Å²) >= 11 is 0. The van der Waals surface area contributed by atoms with Crippen molar-refractivity contribution in [1.29, 1.82) is 0 Å². The molecule has 0 saturated carbocycles. The average Bonchev–Trinajstić information content (AvgIpc) is 2.47. The maximum Gasteiger partial charge on any atom is 0.255 e. The van der Waals surface area contributed by atoms with E-state index < -0.39 is 0 Å². The summed E-state index contributed by atoms with van der Waals surface area (Å²) in [6.07, 6.45) is 3.11. The summed E-state index contributed by atoms with van der Waals surface area (Å²) in [6.45, 7) is 0. The van der Waals surface area contributed by atoms with Gasteiger partial charge in [0.15, 0.2) is 0 Å². The highest BCUT2D eigenvalue weighted by Crippen LogP contribution is 2.21. The van der Waals surface area contributed by atoms with Crippen LogP contribution in [0.5, 0.6) is 0 Å². The number of H-pyrrole nitrogens is 1. The van der Waals surface area contributed by atoms with Crippen molar-refractivity contribution in [2.45, 2.75) is 0 Å². The first-order chi connectivity index (χ1) is 9.74. The number of amides is 1. The maximum atomic E-state index is 12.1. The van der Waals surface area contributed by atoms with Gasteiger partial charge < -0.3 is 10.3 Å². The van der Waals surface area contributed by atoms with E-state index in [0.717, 1.165) is 5.39 Å². The molecule has 0 spiro atoms. The van der Waals surface area contributed by atoms with E-state index in [0.29, 0.717) is 16.8 Å². The van der Waals surface area contributed by atoms with E-state index in [-0.39, 0.29) is 11.5 Å². The Balaban J connectivity index is 1.97. The van der Waals surface area contributed by atoms with Gasteiger partial charge in [0.1, 0.15) is 0 Å². The summed E-state index contributed by atoms with van der Waals surface area (Å²) in [7, 11) is 0. The molecule has 0 saturated heterocycles. The summed E-state index contributed by atoms with van der Waals surface area (Å²) in [4.78, 5) is 30.1. The van der Waals surface area contributed by atoms with Crippen LogP contribution < -0.4 is 10.9 Å². The highest BCUT2D eigenvalue weighted by Gasteiger charge is 2.09. The second-order valence-corrected chi connectivity index (χ2v) is 4.28. The number of aromatic amines is 1. The molecule has 98 valence electrons. The highest BCUT2D eigenvalue weighted by molar-refractivity contribution is 6.08. The number of nitrogens with zero attached hydrogens (tertiary/aromatic N) is 1. The molecule has 0 aliphatic heterocycles. The molecule has 0 radical (unpaired) electrons. The lowest BCUT2D eigenvalue weighted by molar-refractivity contribution is 0.102. The van der Waals surface area contributed by atoms with E-state index in [1.807, 2.05) is 24.3 Å².